The van der Waals surface area contributed by atoms with E-state index in [1.165, 1.54) is 20.3 Å². The lowest BCUT2D eigenvalue weighted by Gasteiger charge is -2.08. The van der Waals surface area contributed by atoms with Crippen LogP contribution in [0.15, 0.2) is 30.3 Å². The molecule has 0 saturated carbocycles. The molecule has 1 aromatic heterocycles. The second-order valence-electron chi connectivity index (χ2n) is 4.44. The summed E-state index contributed by atoms with van der Waals surface area (Å²) in [6.45, 7) is 0. The number of nitrogens with zero attached hydrogens (tertiary/aromatic N) is 1. The number of hydrogen-bond acceptors (Lipinski definition) is 3. The zero-order valence-electron chi connectivity index (χ0n) is 11.4. The fourth-order valence-corrected chi connectivity index (χ4v) is 2.16. The molecule has 0 bridgehead atoms. The second-order valence-corrected chi connectivity index (χ2v) is 4.44. The number of aromatic nitrogens is 2. The molecule has 1 N–H and O–H groups in total. The first-order chi connectivity index (χ1) is 10.1. The van der Waals surface area contributed by atoms with E-state index >= 15 is 0 Å². The fourth-order valence-electron chi connectivity index (χ4n) is 2.16. The lowest BCUT2D eigenvalue weighted by atomic mass is 10.2. The van der Waals surface area contributed by atoms with Crippen molar-refractivity contribution in [2.24, 2.45) is 0 Å². The van der Waals surface area contributed by atoms with Crippen molar-refractivity contribution in [2.75, 3.05) is 14.2 Å². The van der Waals surface area contributed by atoms with E-state index in [1.54, 1.807) is 18.2 Å². The fraction of sp³-hybridized carbons (Fsp3) is 0.133. The van der Waals surface area contributed by atoms with E-state index < -0.39 is 11.6 Å². The minimum atomic E-state index is -0.701. The Balaban J connectivity index is 2.14. The molecule has 3 rings (SSSR count). The Morgan fingerprint density at radius 1 is 1.00 bits per heavy atom. The average molecular weight is 290 g/mol. The summed E-state index contributed by atoms with van der Waals surface area (Å²) in [7, 11) is 3.06. The first-order valence-corrected chi connectivity index (χ1v) is 6.19. The summed E-state index contributed by atoms with van der Waals surface area (Å²) in [4.78, 5) is 7.06. The van der Waals surface area contributed by atoms with Gasteiger partial charge in [-0.2, -0.15) is 0 Å². The highest BCUT2D eigenvalue weighted by Gasteiger charge is 2.13. The highest BCUT2D eigenvalue weighted by Crippen LogP contribution is 2.32. The molecule has 0 amide bonds. The topological polar surface area (TPSA) is 47.1 Å². The third kappa shape index (κ3) is 2.29. The molecule has 0 aliphatic carbocycles. The molecule has 1 heterocycles. The molecule has 3 aromatic rings. The van der Waals surface area contributed by atoms with Gasteiger partial charge in [-0.3, -0.25) is 0 Å². The molecule has 0 fully saturated rings. The lowest BCUT2D eigenvalue weighted by molar-refractivity contribution is 0.355. The number of methoxy groups -OCH3 is 2. The Morgan fingerprint density at radius 2 is 1.76 bits per heavy atom. The molecule has 0 saturated heterocycles. The molecule has 0 unspecified atom stereocenters. The summed E-state index contributed by atoms with van der Waals surface area (Å²) in [6, 6.07) is 7.20. The maximum atomic E-state index is 13.7. The summed E-state index contributed by atoms with van der Waals surface area (Å²) in [5.41, 5.74) is 1.09. The summed E-state index contributed by atoms with van der Waals surface area (Å²) in [5.74, 6) is 0.183. The van der Waals surface area contributed by atoms with E-state index in [-0.39, 0.29) is 5.52 Å². The molecule has 21 heavy (non-hydrogen) atoms. The van der Waals surface area contributed by atoms with Crippen molar-refractivity contribution in [3.05, 3.63) is 42.0 Å². The van der Waals surface area contributed by atoms with Crippen molar-refractivity contribution in [1.82, 2.24) is 9.97 Å². The minimum absolute atomic E-state index is 0.0983. The normalized spacial score (nSPS) is 10.9. The van der Waals surface area contributed by atoms with Crippen LogP contribution in [0.4, 0.5) is 8.78 Å². The van der Waals surface area contributed by atoms with Gasteiger partial charge in [-0.05, 0) is 24.3 Å². The molecule has 0 aliphatic heterocycles. The zero-order valence-corrected chi connectivity index (χ0v) is 11.4. The highest BCUT2D eigenvalue weighted by molar-refractivity contribution is 5.80. The van der Waals surface area contributed by atoms with Crippen LogP contribution in [0.3, 0.4) is 0 Å². The molecular weight excluding hydrogens is 278 g/mol. The smallest absolute Gasteiger partial charge is 0.161 e. The molecule has 4 nitrogen and oxygen atoms in total. The van der Waals surface area contributed by atoms with Gasteiger partial charge in [-0.25, -0.2) is 13.8 Å². The molecule has 0 spiro atoms. The van der Waals surface area contributed by atoms with E-state index in [4.69, 9.17) is 9.47 Å². The summed E-state index contributed by atoms with van der Waals surface area (Å²) < 4.78 is 37.2. The van der Waals surface area contributed by atoms with Crippen LogP contribution in [0.25, 0.3) is 22.4 Å². The highest BCUT2D eigenvalue weighted by atomic mass is 19.1. The third-order valence-corrected chi connectivity index (χ3v) is 3.16. The quantitative estimate of drug-likeness (QED) is 0.802. The first-order valence-electron chi connectivity index (χ1n) is 6.19. The number of rotatable bonds is 3. The largest absolute Gasteiger partial charge is 0.493 e. The number of benzene rings is 2. The van der Waals surface area contributed by atoms with E-state index in [0.717, 1.165) is 6.07 Å². The van der Waals surface area contributed by atoms with Gasteiger partial charge in [-0.15, -0.1) is 0 Å². The van der Waals surface area contributed by atoms with Crippen molar-refractivity contribution in [3.63, 3.8) is 0 Å². The number of fused-ring (bicyclic) bond motifs is 1. The van der Waals surface area contributed by atoms with Crippen LogP contribution in [-0.2, 0) is 0 Å². The lowest BCUT2D eigenvalue weighted by Crippen LogP contribution is -1.91. The minimum Gasteiger partial charge on any atom is -0.493 e. The Hall–Kier alpha value is -2.63. The van der Waals surface area contributed by atoms with Gasteiger partial charge in [0.15, 0.2) is 17.3 Å². The number of imidazole rings is 1. The standard InChI is InChI=1S/C15H12F2N2O2/c1-20-12-4-3-8(5-13(12)21-2)15-18-11-7-9(16)6-10(17)14(11)19-15/h3-7H,1-2H3,(H,18,19). The van der Waals surface area contributed by atoms with E-state index in [2.05, 4.69) is 9.97 Å². The van der Waals surface area contributed by atoms with Crippen LogP contribution in [0.1, 0.15) is 0 Å². The van der Waals surface area contributed by atoms with Gasteiger partial charge < -0.3 is 14.5 Å². The number of H-pyrrole nitrogens is 1. The molecule has 0 radical (unpaired) electrons. The number of hydrogen-bond donors (Lipinski definition) is 1. The molecular formula is C15H12F2N2O2. The van der Waals surface area contributed by atoms with Crippen molar-refractivity contribution in [1.29, 1.82) is 0 Å². The van der Waals surface area contributed by atoms with Gasteiger partial charge in [0.05, 0.1) is 19.7 Å². The van der Waals surface area contributed by atoms with Crippen molar-refractivity contribution < 1.29 is 18.3 Å². The monoisotopic (exact) mass is 290 g/mol. The van der Waals surface area contributed by atoms with Crippen molar-refractivity contribution in [3.8, 4) is 22.9 Å². The van der Waals surface area contributed by atoms with E-state index in [0.29, 0.717) is 28.4 Å². The zero-order chi connectivity index (χ0) is 15.0. The Morgan fingerprint density at radius 3 is 2.48 bits per heavy atom. The van der Waals surface area contributed by atoms with E-state index in [1.807, 2.05) is 0 Å². The molecule has 2 aromatic carbocycles. The van der Waals surface area contributed by atoms with Gasteiger partial charge in [0.2, 0.25) is 0 Å². The Bertz CT molecular complexity index is 815. The number of aromatic amines is 1. The van der Waals surface area contributed by atoms with Gasteiger partial charge in [0.1, 0.15) is 17.2 Å². The van der Waals surface area contributed by atoms with Gasteiger partial charge in [0, 0.05) is 11.6 Å². The van der Waals surface area contributed by atoms with Crippen molar-refractivity contribution >= 4 is 11.0 Å². The molecule has 6 heteroatoms. The van der Waals surface area contributed by atoms with Crippen molar-refractivity contribution in [2.45, 2.75) is 0 Å². The maximum Gasteiger partial charge on any atom is 0.161 e. The van der Waals surface area contributed by atoms with Crippen LogP contribution >= 0.6 is 0 Å². The van der Waals surface area contributed by atoms with Gasteiger partial charge in [-0.1, -0.05) is 0 Å². The number of ether oxygens (including phenoxy) is 2. The third-order valence-electron chi connectivity index (χ3n) is 3.16. The number of halogens is 2. The van der Waals surface area contributed by atoms with Gasteiger partial charge >= 0.3 is 0 Å². The predicted octanol–water partition coefficient (Wildman–Crippen LogP) is 3.53. The van der Waals surface area contributed by atoms with Crippen LogP contribution in [0.2, 0.25) is 0 Å². The predicted molar refractivity (Wildman–Crippen MR) is 74.5 cm³/mol. The maximum absolute atomic E-state index is 13.7. The van der Waals surface area contributed by atoms with E-state index in [9.17, 15) is 8.78 Å². The van der Waals surface area contributed by atoms with Crippen LogP contribution in [0, 0.1) is 11.6 Å². The second kappa shape index (κ2) is 5.05. The van der Waals surface area contributed by atoms with Gasteiger partial charge in [0.25, 0.3) is 0 Å². The van der Waals surface area contributed by atoms with Crippen LogP contribution < -0.4 is 9.47 Å². The Kier molecular flexibility index (Phi) is 3.21. The first kappa shape index (κ1) is 13.4. The summed E-state index contributed by atoms with van der Waals surface area (Å²) in [5, 5.41) is 0. The Labute approximate surface area is 119 Å². The average Bonchev–Trinajstić information content (AvgIpc) is 2.90. The number of nitrogens with one attached hydrogen (secondary N) is 1. The van der Waals surface area contributed by atoms with Crippen LogP contribution in [0.5, 0.6) is 11.5 Å². The summed E-state index contributed by atoms with van der Waals surface area (Å²) >= 11 is 0. The SMILES string of the molecule is COc1ccc(-c2nc3c(F)cc(F)cc3[nH]2)cc1OC. The summed E-state index contributed by atoms with van der Waals surface area (Å²) in [6.07, 6.45) is 0. The molecule has 0 aliphatic rings. The van der Waals surface area contributed by atoms with Crippen LogP contribution in [-0.4, -0.2) is 24.2 Å². The molecule has 0 atom stereocenters. The molecule has 108 valence electrons.